The quantitative estimate of drug-likeness (QED) is 0.199. The molecule has 238 valence electrons. The van der Waals surface area contributed by atoms with Crippen LogP contribution < -0.4 is 9.80 Å². The van der Waals surface area contributed by atoms with Gasteiger partial charge in [0.05, 0.1) is 30.5 Å². The van der Waals surface area contributed by atoms with Crippen LogP contribution in [0.25, 0.3) is 11.2 Å². The van der Waals surface area contributed by atoms with Crippen LogP contribution in [-0.4, -0.2) is 79.0 Å². The van der Waals surface area contributed by atoms with Crippen LogP contribution in [0, 0.1) is 11.6 Å². The van der Waals surface area contributed by atoms with Crippen LogP contribution in [0.15, 0.2) is 43.0 Å². The predicted molar refractivity (Wildman–Crippen MR) is 144 cm³/mol. The zero-order valence-electron chi connectivity index (χ0n) is 23.4. The highest BCUT2D eigenvalue weighted by atomic mass is 19.4. The van der Waals surface area contributed by atoms with Crippen LogP contribution in [0.1, 0.15) is 24.2 Å². The molecule has 1 aromatic carbocycles. The molecule has 0 radical (unpaired) electrons. The Hall–Kier alpha value is -4.74. The summed E-state index contributed by atoms with van der Waals surface area (Å²) in [4.78, 5) is 45.3. The van der Waals surface area contributed by atoms with Crippen molar-refractivity contribution in [3.63, 3.8) is 0 Å². The van der Waals surface area contributed by atoms with E-state index in [1.165, 1.54) is 24.3 Å². The Labute approximate surface area is 250 Å². The SMILES string of the molecule is CN(Cc1cc(F)cc(F)c1)C1(C(=O)N(C=O)c2cnc(C(F)(F)F)nc2)CCN(c2cnc3cnn(CC(F)F)c3n2)CC1. The number of alkyl halides is 5. The number of carbonyl (C=O) groups is 2. The van der Waals surface area contributed by atoms with Crippen LogP contribution in [0.5, 0.6) is 0 Å². The molecule has 2 amide bonds. The van der Waals surface area contributed by atoms with Gasteiger partial charge in [0.2, 0.25) is 12.2 Å². The standard InChI is InChI=1S/C27H24F7N9O2/c1-40(13-16-6-17(28)8-18(29)7-16)26(25(45)42(15-44)19-9-36-24(37-10-19)27(32,33)34)2-4-41(5-3-26)22-12-35-20-11-38-43(14-21(30)31)23(20)39-22/h6-12,15,21H,2-5,13-14H2,1H3. The van der Waals surface area contributed by atoms with E-state index in [4.69, 9.17) is 0 Å². The number of halogens is 7. The van der Waals surface area contributed by atoms with Gasteiger partial charge in [0.25, 0.3) is 12.3 Å². The Morgan fingerprint density at radius 2 is 1.67 bits per heavy atom. The van der Waals surface area contributed by atoms with Gasteiger partial charge in [-0.3, -0.25) is 14.5 Å². The lowest BCUT2D eigenvalue weighted by Gasteiger charge is -2.47. The first-order valence-electron chi connectivity index (χ1n) is 13.4. The average molecular weight is 640 g/mol. The topological polar surface area (TPSA) is 113 Å². The molecule has 1 aliphatic heterocycles. The van der Waals surface area contributed by atoms with Crippen molar-refractivity contribution >= 4 is 35.0 Å². The van der Waals surface area contributed by atoms with Gasteiger partial charge in [-0.15, -0.1) is 0 Å². The van der Waals surface area contributed by atoms with E-state index in [-0.39, 0.29) is 55.8 Å². The molecular formula is C27H24F7N9O2. The van der Waals surface area contributed by atoms with Crippen molar-refractivity contribution in [3.05, 3.63) is 66.0 Å². The van der Waals surface area contributed by atoms with Gasteiger partial charge in [-0.1, -0.05) is 0 Å². The Morgan fingerprint density at radius 3 is 2.24 bits per heavy atom. The highest BCUT2D eigenvalue weighted by Crippen LogP contribution is 2.35. The van der Waals surface area contributed by atoms with Gasteiger partial charge in [0, 0.05) is 25.7 Å². The number of fused-ring (bicyclic) bond motifs is 1. The molecule has 11 nitrogen and oxygen atoms in total. The van der Waals surface area contributed by atoms with Crippen molar-refractivity contribution < 1.29 is 40.3 Å². The minimum absolute atomic E-state index is 0.00196. The molecule has 1 saturated heterocycles. The van der Waals surface area contributed by atoms with Gasteiger partial charge in [-0.25, -0.2) is 47.1 Å². The molecule has 0 N–H and O–H groups in total. The monoisotopic (exact) mass is 639 g/mol. The molecule has 0 unspecified atom stereocenters. The van der Waals surface area contributed by atoms with Crippen LogP contribution in [-0.2, 0) is 28.9 Å². The fourth-order valence-corrected chi connectivity index (χ4v) is 5.29. The van der Waals surface area contributed by atoms with E-state index in [0.29, 0.717) is 34.7 Å². The molecule has 3 aromatic heterocycles. The van der Waals surface area contributed by atoms with Crippen LogP contribution >= 0.6 is 0 Å². The van der Waals surface area contributed by atoms with Gasteiger partial charge >= 0.3 is 6.18 Å². The van der Waals surface area contributed by atoms with Crippen molar-refractivity contribution in [3.8, 4) is 0 Å². The van der Waals surface area contributed by atoms with Crippen LogP contribution in [0.4, 0.5) is 42.2 Å². The van der Waals surface area contributed by atoms with E-state index in [1.54, 1.807) is 4.90 Å². The van der Waals surface area contributed by atoms with E-state index in [1.807, 2.05) is 0 Å². The number of nitrogens with zero attached hydrogens (tertiary/aromatic N) is 9. The number of piperidine rings is 1. The summed E-state index contributed by atoms with van der Waals surface area (Å²) in [6.45, 7) is -0.602. The number of hydrogen-bond acceptors (Lipinski definition) is 9. The Bertz CT molecular complexity index is 1670. The normalized spacial score (nSPS) is 15.2. The van der Waals surface area contributed by atoms with E-state index >= 15 is 0 Å². The van der Waals surface area contributed by atoms with Gasteiger partial charge in [-0.2, -0.15) is 18.3 Å². The molecule has 0 spiro atoms. The highest BCUT2D eigenvalue weighted by Gasteiger charge is 2.48. The number of imide groups is 1. The van der Waals surface area contributed by atoms with Crippen molar-refractivity contribution in [2.75, 3.05) is 29.9 Å². The first-order valence-corrected chi connectivity index (χ1v) is 13.4. The third-order valence-electron chi connectivity index (χ3n) is 7.52. The Morgan fingerprint density at radius 1 is 1.02 bits per heavy atom. The predicted octanol–water partition coefficient (Wildman–Crippen LogP) is 3.84. The van der Waals surface area contributed by atoms with E-state index in [2.05, 4.69) is 25.0 Å². The van der Waals surface area contributed by atoms with Gasteiger partial charge in [-0.05, 0) is 37.6 Å². The number of rotatable bonds is 9. The molecule has 0 aliphatic carbocycles. The molecule has 4 heterocycles. The second-order valence-corrected chi connectivity index (χ2v) is 10.4. The molecule has 0 saturated carbocycles. The third kappa shape index (κ3) is 6.54. The summed E-state index contributed by atoms with van der Waals surface area (Å²) >= 11 is 0. The lowest BCUT2D eigenvalue weighted by Crippen LogP contribution is -2.63. The second kappa shape index (κ2) is 12.3. The molecule has 1 aliphatic rings. The lowest BCUT2D eigenvalue weighted by atomic mass is 9.83. The zero-order chi connectivity index (χ0) is 32.5. The summed E-state index contributed by atoms with van der Waals surface area (Å²) in [6, 6.07) is 2.86. The number of likely N-dealkylation sites (N-methyl/N-ethyl adjacent to an activating group) is 1. The fourth-order valence-electron chi connectivity index (χ4n) is 5.29. The van der Waals surface area contributed by atoms with E-state index in [9.17, 15) is 40.3 Å². The first kappa shape index (κ1) is 31.7. The molecule has 0 bridgehead atoms. The largest absolute Gasteiger partial charge is 0.451 e. The van der Waals surface area contributed by atoms with Gasteiger partial charge in [0.1, 0.15) is 35.1 Å². The number of amides is 2. The molecule has 18 heteroatoms. The molecule has 0 atom stereocenters. The maximum absolute atomic E-state index is 14.1. The number of aromatic nitrogens is 6. The van der Waals surface area contributed by atoms with Gasteiger partial charge < -0.3 is 4.90 Å². The molecular weight excluding hydrogens is 615 g/mol. The summed E-state index contributed by atoms with van der Waals surface area (Å²) in [7, 11) is 1.51. The average Bonchev–Trinajstić information content (AvgIpc) is 3.38. The number of benzene rings is 1. The minimum Gasteiger partial charge on any atom is -0.355 e. The second-order valence-electron chi connectivity index (χ2n) is 10.4. The number of anilines is 2. The van der Waals surface area contributed by atoms with Crippen LogP contribution in [0.2, 0.25) is 0 Å². The first-order chi connectivity index (χ1) is 21.3. The third-order valence-corrected chi connectivity index (χ3v) is 7.52. The Balaban J connectivity index is 1.46. The van der Waals surface area contributed by atoms with Crippen molar-refractivity contribution in [1.29, 1.82) is 0 Å². The summed E-state index contributed by atoms with van der Waals surface area (Å²) in [6.07, 6.45) is -3.30. The molecule has 5 rings (SSSR count). The summed E-state index contributed by atoms with van der Waals surface area (Å²) in [5, 5.41) is 3.90. The summed E-state index contributed by atoms with van der Waals surface area (Å²) in [5.41, 5.74) is -1.23. The highest BCUT2D eigenvalue weighted by molar-refractivity contribution is 6.11. The summed E-state index contributed by atoms with van der Waals surface area (Å²) < 4.78 is 94.1. The van der Waals surface area contributed by atoms with E-state index < -0.39 is 48.1 Å². The number of carbonyl (C=O) groups excluding carboxylic acids is 2. The Kier molecular flexibility index (Phi) is 8.68. The van der Waals surface area contributed by atoms with Gasteiger partial charge in [0.15, 0.2) is 5.65 Å². The van der Waals surface area contributed by atoms with Crippen molar-refractivity contribution in [1.82, 2.24) is 34.6 Å². The minimum atomic E-state index is -4.86. The smallest absolute Gasteiger partial charge is 0.355 e. The molecule has 45 heavy (non-hydrogen) atoms. The maximum Gasteiger partial charge on any atom is 0.451 e. The summed E-state index contributed by atoms with van der Waals surface area (Å²) in [5.74, 6) is -3.69. The number of hydrogen-bond donors (Lipinski definition) is 0. The lowest BCUT2D eigenvalue weighted by molar-refractivity contribution is -0.145. The van der Waals surface area contributed by atoms with Crippen LogP contribution in [0.3, 0.4) is 0 Å². The van der Waals surface area contributed by atoms with Crippen molar-refractivity contribution in [2.45, 2.75) is 44.1 Å². The molecule has 4 aromatic rings. The van der Waals surface area contributed by atoms with E-state index in [0.717, 1.165) is 16.8 Å². The maximum atomic E-state index is 14.1. The van der Waals surface area contributed by atoms with Crippen molar-refractivity contribution in [2.24, 2.45) is 0 Å². The fraction of sp³-hybridized carbons (Fsp3) is 0.370. The zero-order valence-corrected chi connectivity index (χ0v) is 23.4. The molecule has 1 fully saturated rings.